The number of fused-ring (bicyclic) bond motifs is 8. The Morgan fingerprint density at radius 3 is 1.53 bits per heavy atom. The number of amides is 4. The fourth-order valence-electron chi connectivity index (χ4n) is 9.96. The Morgan fingerprint density at radius 2 is 1.07 bits per heavy atom. The highest BCUT2D eigenvalue weighted by Crippen LogP contribution is 2.45. The SMILES string of the molecule is C=CCOC(=O)N1c2cc(C)c(C)cc2C(=O)N2c3ccccc3C[C@H]2C1OC1CCCCO1.C=CCOC(=O)N1c2cc(O)c(C)cc2C(=O)N2c3ccccc3C[C@H]2C1OC1CCCCO1. The number of hydrogen-bond donors (Lipinski definition) is 1. The molecule has 2 fully saturated rings. The molecule has 2 saturated heterocycles. The summed E-state index contributed by atoms with van der Waals surface area (Å²) in [5.74, 6) is -0.432. The van der Waals surface area contributed by atoms with Crippen molar-refractivity contribution >= 4 is 46.8 Å². The van der Waals surface area contributed by atoms with Crippen molar-refractivity contribution in [1.82, 2.24) is 0 Å². The number of para-hydroxylation sites is 2. The van der Waals surface area contributed by atoms with Crippen LogP contribution in [0.2, 0.25) is 0 Å². The second-order valence-corrected chi connectivity index (χ2v) is 17.9. The molecule has 0 aliphatic carbocycles. The lowest BCUT2D eigenvalue weighted by atomic mass is 10.0. The van der Waals surface area contributed by atoms with Crippen LogP contribution in [-0.2, 0) is 41.3 Å². The molecule has 6 aliphatic heterocycles. The van der Waals surface area contributed by atoms with Crippen molar-refractivity contribution in [3.63, 3.8) is 0 Å². The molecule has 0 spiro atoms. The summed E-state index contributed by atoms with van der Waals surface area (Å²) >= 11 is 0. The predicted molar refractivity (Wildman–Crippen MR) is 255 cm³/mol. The van der Waals surface area contributed by atoms with Gasteiger partial charge in [-0.2, -0.15) is 0 Å². The normalized spacial score (nSPS) is 23.6. The van der Waals surface area contributed by atoms with Gasteiger partial charge in [0, 0.05) is 30.7 Å². The summed E-state index contributed by atoms with van der Waals surface area (Å²) in [5.41, 5.74) is 7.65. The Bertz CT molecular complexity index is 2430. The van der Waals surface area contributed by atoms with Crippen molar-refractivity contribution < 1.29 is 52.7 Å². The first-order valence-electron chi connectivity index (χ1n) is 23.4. The Hall–Kier alpha value is -6.52. The Kier molecular flexibility index (Phi) is 13.7. The smallest absolute Gasteiger partial charge is 0.416 e. The molecule has 4 aromatic rings. The van der Waals surface area contributed by atoms with Crippen LogP contribution in [0.1, 0.15) is 87.1 Å². The van der Waals surface area contributed by atoms with Crippen LogP contribution in [-0.4, -0.2) is 92.7 Å². The number of ether oxygens (including phenoxy) is 6. The van der Waals surface area contributed by atoms with Gasteiger partial charge >= 0.3 is 12.2 Å². The zero-order chi connectivity index (χ0) is 47.6. The van der Waals surface area contributed by atoms with Crippen molar-refractivity contribution in [2.75, 3.05) is 46.0 Å². The van der Waals surface area contributed by atoms with E-state index in [-0.39, 0.29) is 36.5 Å². The van der Waals surface area contributed by atoms with Gasteiger partial charge in [0.2, 0.25) is 0 Å². The first-order valence-corrected chi connectivity index (χ1v) is 23.4. The zero-order valence-electron chi connectivity index (χ0n) is 38.8. The fraction of sp³-hybridized carbons (Fsp3) is 0.396. The van der Waals surface area contributed by atoms with Gasteiger partial charge in [0.15, 0.2) is 25.0 Å². The third kappa shape index (κ3) is 8.86. The van der Waals surface area contributed by atoms with Crippen LogP contribution in [0.3, 0.4) is 0 Å². The summed E-state index contributed by atoms with van der Waals surface area (Å²) in [6.07, 6.45) is 5.46. The third-order valence-corrected chi connectivity index (χ3v) is 13.4. The summed E-state index contributed by atoms with van der Waals surface area (Å²) in [7, 11) is 0. The number of benzene rings is 4. The first-order chi connectivity index (χ1) is 33.0. The van der Waals surface area contributed by atoms with Gasteiger partial charge in [0.25, 0.3) is 11.8 Å². The number of hydrogen-bond acceptors (Lipinski definition) is 11. The van der Waals surface area contributed by atoms with E-state index in [0.29, 0.717) is 54.9 Å². The van der Waals surface area contributed by atoms with E-state index in [1.807, 2.05) is 74.5 Å². The largest absolute Gasteiger partial charge is 0.508 e. The van der Waals surface area contributed by atoms with Gasteiger partial charge in [-0.25, -0.2) is 19.4 Å². The molecule has 0 radical (unpaired) electrons. The minimum absolute atomic E-state index is 0.00227. The second-order valence-electron chi connectivity index (χ2n) is 17.9. The zero-order valence-corrected chi connectivity index (χ0v) is 38.8. The number of phenolic OH excluding ortho intramolecular Hbond substituents is 1. The van der Waals surface area contributed by atoms with Gasteiger partial charge < -0.3 is 43.3 Å². The van der Waals surface area contributed by atoms with E-state index in [2.05, 4.69) is 13.2 Å². The number of aryl methyl sites for hydroxylation is 3. The van der Waals surface area contributed by atoms with Crippen molar-refractivity contribution in [2.24, 2.45) is 0 Å². The van der Waals surface area contributed by atoms with Crippen LogP contribution < -0.4 is 19.6 Å². The van der Waals surface area contributed by atoms with E-state index in [1.54, 1.807) is 22.8 Å². The van der Waals surface area contributed by atoms with E-state index < -0.39 is 49.3 Å². The van der Waals surface area contributed by atoms with Crippen molar-refractivity contribution in [3.05, 3.63) is 137 Å². The molecular formula is C53H58N4O11. The maximum atomic E-state index is 14.0. The highest BCUT2D eigenvalue weighted by Gasteiger charge is 2.51. The molecule has 6 aliphatic rings. The lowest BCUT2D eigenvalue weighted by Crippen LogP contribution is -2.55. The molecule has 4 amide bonds. The maximum absolute atomic E-state index is 14.0. The van der Waals surface area contributed by atoms with E-state index in [1.165, 1.54) is 28.0 Å². The second kappa shape index (κ2) is 20.0. The minimum atomic E-state index is -0.889. The summed E-state index contributed by atoms with van der Waals surface area (Å²) in [4.78, 5) is 61.2. The molecule has 6 heterocycles. The molecule has 356 valence electrons. The fourth-order valence-corrected chi connectivity index (χ4v) is 9.96. The molecule has 15 nitrogen and oxygen atoms in total. The molecule has 4 unspecified atom stereocenters. The summed E-state index contributed by atoms with van der Waals surface area (Å²) in [6, 6.07) is 21.4. The monoisotopic (exact) mass is 926 g/mol. The molecular weight excluding hydrogens is 869 g/mol. The number of nitrogens with zero attached hydrogens (tertiary/aromatic N) is 4. The summed E-state index contributed by atoms with van der Waals surface area (Å²) in [6.45, 7) is 14.2. The van der Waals surface area contributed by atoms with Gasteiger partial charge in [-0.1, -0.05) is 61.7 Å². The lowest BCUT2D eigenvalue weighted by molar-refractivity contribution is -0.190. The third-order valence-electron chi connectivity index (χ3n) is 13.4. The molecule has 4 aromatic carbocycles. The van der Waals surface area contributed by atoms with Crippen LogP contribution in [0.15, 0.2) is 98.1 Å². The van der Waals surface area contributed by atoms with Crippen LogP contribution in [0.4, 0.5) is 32.3 Å². The van der Waals surface area contributed by atoms with Gasteiger partial charge in [-0.15, -0.1) is 0 Å². The van der Waals surface area contributed by atoms with Gasteiger partial charge in [0.05, 0.1) is 34.6 Å². The molecule has 10 rings (SSSR count). The number of aromatic hydroxyl groups is 1. The minimum Gasteiger partial charge on any atom is -0.508 e. The number of carbonyl (C=O) groups excluding carboxylic acids is 4. The number of phenols is 1. The summed E-state index contributed by atoms with van der Waals surface area (Å²) in [5, 5.41) is 10.5. The topological polar surface area (TPSA) is 157 Å². The maximum Gasteiger partial charge on any atom is 0.416 e. The quantitative estimate of drug-likeness (QED) is 0.168. The Balaban J connectivity index is 0.000000170. The van der Waals surface area contributed by atoms with Crippen molar-refractivity contribution in [3.8, 4) is 5.75 Å². The average molecular weight is 927 g/mol. The van der Waals surface area contributed by atoms with E-state index in [0.717, 1.165) is 65.7 Å². The Labute approximate surface area is 396 Å². The molecule has 0 saturated carbocycles. The van der Waals surface area contributed by atoms with Crippen LogP contribution in [0.25, 0.3) is 0 Å². The highest BCUT2D eigenvalue weighted by molar-refractivity contribution is 6.15. The standard InChI is InChI=1S/C27H30N2O5.C26H28N2O6/c1-4-12-33-27(31)29-22-15-18(3)17(2)14-20(22)25(30)28-21-10-6-5-9-19(21)16-23(28)26(29)34-24-11-7-8-13-32-24;1-3-11-33-26(31)28-20-15-22(29)16(2)13-18(20)24(30)27-19-9-5-4-8-17(19)14-21(27)25(28)34-23-10-6-7-12-32-23/h4-6,9-10,14-15,23-24,26H,1,7-8,11-13,16H2,2-3H3;3-5,8-9,13,15,21,23,25,29H,1,6-7,10-12,14H2,2H3/t23-,24?,26?;21-,23?,25?/m00/s1. The number of rotatable bonds is 8. The molecule has 0 bridgehead atoms. The van der Waals surface area contributed by atoms with Crippen molar-refractivity contribution in [2.45, 2.75) is 109 Å². The van der Waals surface area contributed by atoms with Crippen LogP contribution in [0, 0.1) is 20.8 Å². The molecule has 6 atom stereocenters. The molecule has 68 heavy (non-hydrogen) atoms. The highest BCUT2D eigenvalue weighted by atomic mass is 16.7. The average Bonchev–Trinajstić information content (AvgIpc) is 3.89. The van der Waals surface area contributed by atoms with Gasteiger partial charge in [0.1, 0.15) is 19.0 Å². The van der Waals surface area contributed by atoms with Gasteiger partial charge in [-0.3, -0.25) is 9.59 Å². The van der Waals surface area contributed by atoms with Crippen LogP contribution in [0.5, 0.6) is 5.75 Å². The molecule has 15 heteroatoms. The van der Waals surface area contributed by atoms with E-state index in [9.17, 15) is 24.3 Å². The Morgan fingerprint density at radius 1 is 0.632 bits per heavy atom. The van der Waals surface area contributed by atoms with Crippen LogP contribution >= 0.6 is 0 Å². The summed E-state index contributed by atoms with van der Waals surface area (Å²) < 4.78 is 35.7. The predicted octanol–water partition coefficient (Wildman–Crippen LogP) is 9.17. The van der Waals surface area contributed by atoms with Gasteiger partial charge in [-0.05, 0) is 130 Å². The lowest BCUT2D eigenvalue weighted by Gasteiger charge is -2.38. The first kappa shape index (κ1) is 46.6. The molecule has 0 aromatic heterocycles. The number of anilines is 4. The van der Waals surface area contributed by atoms with E-state index >= 15 is 0 Å². The van der Waals surface area contributed by atoms with E-state index in [4.69, 9.17) is 28.4 Å². The van der Waals surface area contributed by atoms with Crippen molar-refractivity contribution in [1.29, 1.82) is 0 Å². The molecule has 1 N–H and O–H groups in total. The number of carbonyl (C=O) groups is 4.